The third-order valence-corrected chi connectivity index (χ3v) is 3.27. The first-order chi connectivity index (χ1) is 8.78. The van der Waals surface area contributed by atoms with Crippen molar-refractivity contribution < 1.29 is 9.53 Å². The minimum absolute atomic E-state index is 0.129. The fourth-order valence-corrected chi connectivity index (χ4v) is 2.30. The van der Waals surface area contributed by atoms with Crippen molar-refractivity contribution in [3.8, 4) is 5.75 Å². The average Bonchev–Trinajstić information content (AvgIpc) is 2.40. The van der Waals surface area contributed by atoms with Crippen molar-refractivity contribution in [1.82, 2.24) is 5.32 Å². The molecule has 1 aliphatic rings. The number of rotatable bonds is 3. The summed E-state index contributed by atoms with van der Waals surface area (Å²) in [6, 6.07) is 7.56. The van der Waals surface area contributed by atoms with E-state index in [4.69, 9.17) is 4.74 Å². The molecular weight excluding hydrogens is 228 g/mol. The smallest absolute Gasteiger partial charge is 0.319 e. The number of methoxy groups -OCH3 is 1. The summed E-state index contributed by atoms with van der Waals surface area (Å²) in [5.74, 6) is 0.741. The van der Waals surface area contributed by atoms with E-state index < -0.39 is 0 Å². The van der Waals surface area contributed by atoms with Crippen LogP contribution in [0.1, 0.15) is 32.1 Å². The van der Waals surface area contributed by atoms with E-state index in [2.05, 4.69) is 10.6 Å². The van der Waals surface area contributed by atoms with Crippen molar-refractivity contribution in [2.45, 2.75) is 38.1 Å². The largest absolute Gasteiger partial charge is 0.497 e. The van der Waals surface area contributed by atoms with Crippen molar-refractivity contribution in [3.63, 3.8) is 0 Å². The number of hydrogen-bond acceptors (Lipinski definition) is 2. The van der Waals surface area contributed by atoms with Crippen LogP contribution in [-0.4, -0.2) is 19.2 Å². The minimum atomic E-state index is -0.129. The number of benzene rings is 1. The van der Waals surface area contributed by atoms with E-state index in [0.29, 0.717) is 6.04 Å². The van der Waals surface area contributed by atoms with Crippen LogP contribution in [0.25, 0.3) is 0 Å². The second-order valence-corrected chi connectivity index (χ2v) is 4.67. The first-order valence-electron chi connectivity index (χ1n) is 6.49. The highest BCUT2D eigenvalue weighted by molar-refractivity contribution is 5.89. The Kier molecular flexibility index (Phi) is 4.45. The van der Waals surface area contributed by atoms with E-state index in [0.717, 1.165) is 24.3 Å². The molecule has 2 N–H and O–H groups in total. The fraction of sp³-hybridized carbons (Fsp3) is 0.500. The number of hydrogen-bond donors (Lipinski definition) is 2. The van der Waals surface area contributed by atoms with E-state index >= 15 is 0 Å². The molecule has 2 amide bonds. The van der Waals surface area contributed by atoms with Crippen molar-refractivity contribution in [1.29, 1.82) is 0 Å². The quantitative estimate of drug-likeness (QED) is 0.863. The summed E-state index contributed by atoms with van der Waals surface area (Å²) in [4.78, 5) is 11.8. The monoisotopic (exact) mass is 248 g/mol. The molecule has 0 aromatic heterocycles. The molecule has 0 aliphatic heterocycles. The number of amides is 2. The Bertz CT molecular complexity index is 401. The molecule has 0 heterocycles. The molecule has 1 aromatic carbocycles. The molecule has 0 atom stereocenters. The van der Waals surface area contributed by atoms with Gasteiger partial charge >= 0.3 is 6.03 Å². The van der Waals surface area contributed by atoms with Crippen molar-refractivity contribution in [2.75, 3.05) is 12.4 Å². The van der Waals surface area contributed by atoms with Gasteiger partial charge in [0, 0.05) is 17.8 Å². The number of urea groups is 1. The molecule has 0 spiro atoms. The van der Waals surface area contributed by atoms with Crippen molar-refractivity contribution >= 4 is 11.7 Å². The fourth-order valence-electron chi connectivity index (χ4n) is 2.30. The second-order valence-electron chi connectivity index (χ2n) is 4.67. The maximum atomic E-state index is 11.8. The number of carbonyl (C=O) groups excluding carboxylic acids is 1. The zero-order valence-corrected chi connectivity index (χ0v) is 10.7. The first-order valence-corrected chi connectivity index (χ1v) is 6.49. The Hall–Kier alpha value is -1.71. The number of nitrogens with one attached hydrogen (secondary N) is 2. The van der Waals surface area contributed by atoms with Gasteiger partial charge in [0.15, 0.2) is 0 Å². The second kappa shape index (κ2) is 6.28. The number of anilines is 1. The van der Waals surface area contributed by atoms with Gasteiger partial charge in [0.05, 0.1) is 7.11 Å². The summed E-state index contributed by atoms with van der Waals surface area (Å²) in [5.41, 5.74) is 0.752. The predicted molar refractivity (Wildman–Crippen MR) is 72.0 cm³/mol. The van der Waals surface area contributed by atoms with Gasteiger partial charge in [-0.15, -0.1) is 0 Å². The molecule has 1 aromatic rings. The highest BCUT2D eigenvalue weighted by atomic mass is 16.5. The molecule has 0 unspecified atom stereocenters. The molecule has 4 nitrogen and oxygen atoms in total. The SMILES string of the molecule is COc1cccc(NC(=O)NC2CCCCC2)c1. The summed E-state index contributed by atoms with van der Waals surface area (Å²) in [6.07, 6.45) is 5.89. The summed E-state index contributed by atoms with van der Waals surface area (Å²) in [6.45, 7) is 0. The lowest BCUT2D eigenvalue weighted by molar-refractivity contribution is 0.244. The summed E-state index contributed by atoms with van der Waals surface area (Å²) in [7, 11) is 1.61. The average molecular weight is 248 g/mol. The number of carbonyl (C=O) groups is 1. The molecule has 2 rings (SSSR count). The van der Waals surface area contributed by atoms with E-state index in [9.17, 15) is 4.79 Å². The zero-order chi connectivity index (χ0) is 12.8. The summed E-state index contributed by atoms with van der Waals surface area (Å²) in [5, 5.41) is 5.85. The highest BCUT2D eigenvalue weighted by Gasteiger charge is 2.15. The maximum Gasteiger partial charge on any atom is 0.319 e. The molecule has 1 saturated carbocycles. The molecule has 1 aliphatic carbocycles. The lowest BCUT2D eigenvalue weighted by Gasteiger charge is -2.22. The molecule has 1 fully saturated rings. The number of ether oxygens (including phenoxy) is 1. The van der Waals surface area contributed by atoms with Crippen molar-refractivity contribution in [2.24, 2.45) is 0 Å². The van der Waals surface area contributed by atoms with Crippen LogP contribution in [0.3, 0.4) is 0 Å². The maximum absolute atomic E-state index is 11.8. The van der Waals surface area contributed by atoms with Gasteiger partial charge in [0.1, 0.15) is 5.75 Å². The highest BCUT2D eigenvalue weighted by Crippen LogP contribution is 2.19. The van der Waals surface area contributed by atoms with Gasteiger partial charge in [-0.3, -0.25) is 0 Å². The lowest BCUT2D eigenvalue weighted by atomic mass is 9.96. The molecule has 4 heteroatoms. The molecule has 0 radical (unpaired) electrons. The van der Waals surface area contributed by atoms with E-state index in [-0.39, 0.29) is 6.03 Å². The van der Waals surface area contributed by atoms with E-state index in [1.54, 1.807) is 13.2 Å². The molecule has 0 saturated heterocycles. The minimum Gasteiger partial charge on any atom is -0.497 e. The Morgan fingerprint density at radius 3 is 2.78 bits per heavy atom. The van der Waals surface area contributed by atoms with Gasteiger partial charge in [0.2, 0.25) is 0 Å². The van der Waals surface area contributed by atoms with E-state index in [1.165, 1.54) is 19.3 Å². The van der Waals surface area contributed by atoms with Crippen LogP contribution >= 0.6 is 0 Å². The first kappa shape index (κ1) is 12.7. The zero-order valence-electron chi connectivity index (χ0n) is 10.7. The summed E-state index contributed by atoms with van der Waals surface area (Å²) < 4.78 is 5.11. The molecule has 0 bridgehead atoms. The van der Waals surface area contributed by atoms with Crippen LogP contribution in [0.2, 0.25) is 0 Å². The van der Waals surface area contributed by atoms with Crippen molar-refractivity contribution in [3.05, 3.63) is 24.3 Å². The topological polar surface area (TPSA) is 50.4 Å². The van der Waals surface area contributed by atoms with Crippen LogP contribution < -0.4 is 15.4 Å². The lowest BCUT2D eigenvalue weighted by Crippen LogP contribution is -2.38. The third-order valence-electron chi connectivity index (χ3n) is 3.27. The van der Waals surface area contributed by atoms with Gasteiger partial charge in [-0.2, -0.15) is 0 Å². The third kappa shape index (κ3) is 3.65. The van der Waals surface area contributed by atoms with Crippen LogP contribution in [0.4, 0.5) is 10.5 Å². The van der Waals surface area contributed by atoms with Crippen LogP contribution in [0.5, 0.6) is 5.75 Å². The van der Waals surface area contributed by atoms with Gasteiger partial charge in [-0.25, -0.2) is 4.79 Å². The predicted octanol–water partition coefficient (Wildman–Crippen LogP) is 3.15. The Morgan fingerprint density at radius 2 is 2.06 bits per heavy atom. The van der Waals surface area contributed by atoms with Crippen LogP contribution in [0, 0.1) is 0 Å². The van der Waals surface area contributed by atoms with Crippen LogP contribution in [0.15, 0.2) is 24.3 Å². The normalized spacial score (nSPS) is 16.1. The van der Waals surface area contributed by atoms with Gasteiger partial charge in [-0.05, 0) is 25.0 Å². The van der Waals surface area contributed by atoms with Gasteiger partial charge < -0.3 is 15.4 Å². The standard InChI is InChI=1S/C14H20N2O2/c1-18-13-9-5-8-12(10-13)16-14(17)15-11-6-3-2-4-7-11/h5,8-11H,2-4,6-7H2,1H3,(H2,15,16,17). The molecule has 18 heavy (non-hydrogen) atoms. The van der Waals surface area contributed by atoms with Crippen LogP contribution in [-0.2, 0) is 0 Å². The summed E-state index contributed by atoms with van der Waals surface area (Å²) >= 11 is 0. The molecule has 98 valence electrons. The van der Waals surface area contributed by atoms with E-state index in [1.807, 2.05) is 18.2 Å². The molecular formula is C14H20N2O2. The Balaban J connectivity index is 1.85. The van der Waals surface area contributed by atoms with Gasteiger partial charge in [0.25, 0.3) is 0 Å². The Morgan fingerprint density at radius 1 is 1.28 bits per heavy atom. The Labute approximate surface area is 108 Å². The van der Waals surface area contributed by atoms with Gasteiger partial charge in [-0.1, -0.05) is 25.3 Å².